The van der Waals surface area contributed by atoms with Gasteiger partial charge in [-0.15, -0.1) is 0 Å². The molecule has 6 nitrogen and oxygen atoms in total. The quantitative estimate of drug-likeness (QED) is 0.812. The number of morpholine rings is 1. The molecule has 6 heteroatoms. The highest BCUT2D eigenvalue weighted by Crippen LogP contribution is 2.27. The van der Waals surface area contributed by atoms with E-state index in [2.05, 4.69) is 10.2 Å². The number of carbonyl (C=O) groups is 1. The summed E-state index contributed by atoms with van der Waals surface area (Å²) in [6.45, 7) is 7.62. The molecule has 128 valence electrons. The van der Waals surface area contributed by atoms with Gasteiger partial charge < -0.3 is 20.5 Å². The fourth-order valence-electron chi connectivity index (χ4n) is 3.11. The van der Waals surface area contributed by atoms with Gasteiger partial charge in [0.15, 0.2) is 0 Å². The van der Waals surface area contributed by atoms with Crippen LogP contribution in [0, 0.1) is 0 Å². The number of methoxy groups -OCH3 is 1. The first-order valence-electron chi connectivity index (χ1n) is 8.08. The third kappa shape index (κ3) is 4.36. The fourth-order valence-corrected chi connectivity index (χ4v) is 3.11. The van der Waals surface area contributed by atoms with Crippen molar-refractivity contribution in [2.45, 2.75) is 45.4 Å². The van der Waals surface area contributed by atoms with Crippen molar-refractivity contribution < 1.29 is 14.3 Å². The zero-order chi connectivity index (χ0) is 17.0. The van der Waals surface area contributed by atoms with Gasteiger partial charge in [-0.2, -0.15) is 0 Å². The van der Waals surface area contributed by atoms with Crippen LogP contribution in [0.2, 0.25) is 0 Å². The second kappa shape index (κ2) is 7.66. The average Bonchev–Trinajstić information content (AvgIpc) is 2.48. The Bertz CT molecular complexity index is 540. The maximum absolute atomic E-state index is 12.7. The Balaban J connectivity index is 2.11. The number of nitrogens with one attached hydrogen (secondary N) is 1. The predicted molar refractivity (Wildman–Crippen MR) is 91.7 cm³/mol. The first-order chi connectivity index (χ1) is 10.9. The molecule has 1 aromatic carbocycles. The molecule has 1 heterocycles. The molecule has 1 aliphatic rings. The summed E-state index contributed by atoms with van der Waals surface area (Å²) in [7, 11) is 1.56. The number of nitrogen functional groups attached to an aromatic ring is 1. The second-order valence-corrected chi connectivity index (χ2v) is 6.08. The molecule has 2 rings (SSSR count). The Kier molecular flexibility index (Phi) is 5.85. The first-order valence-corrected chi connectivity index (χ1v) is 8.08. The van der Waals surface area contributed by atoms with E-state index in [1.807, 2.05) is 20.8 Å². The Morgan fingerprint density at radius 1 is 1.43 bits per heavy atom. The molecule has 0 aromatic heterocycles. The van der Waals surface area contributed by atoms with Crippen LogP contribution in [-0.2, 0) is 9.53 Å². The van der Waals surface area contributed by atoms with Crippen molar-refractivity contribution >= 4 is 17.3 Å². The number of hydrogen-bond acceptors (Lipinski definition) is 5. The maximum Gasteiger partial charge on any atom is 0.241 e. The Morgan fingerprint density at radius 2 is 2.09 bits per heavy atom. The largest absolute Gasteiger partial charge is 0.494 e. The summed E-state index contributed by atoms with van der Waals surface area (Å²) < 4.78 is 11.0. The number of nitrogens with zero attached hydrogens (tertiary/aromatic N) is 1. The summed E-state index contributed by atoms with van der Waals surface area (Å²) in [5.74, 6) is 0.536. The molecule has 1 saturated heterocycles. The van der Waals surface area contributed by atoms with Gasteiger partial charge in [-0.3, -0.25) is 9.69 Å². The van der Waals surface area contributed by atoms with E-state index in [1.165, 1.54) is 0 Å². The van der Waals surface area contributed by atoms with Gasteiger partial charge in [-0.25, -0.2) is 0 Å². The van der Waals surface area contributed by atoms with E-state index in [0.29, 0.717) is 17.1 Å². The lowest BCUT2D eigenvalue weighted by molar-refractivity contribution is -0.128. The van der Waals surface area contributed by atoms with Crippen LogP contribution in [-0.4, -0.2) is 49.3 Å². The molecule has 1 amide bonds. The summed E-state index contributed by atoms with van der Waals surface area (Å²) in [5.41, 5.74) is 6.99. The minimum absolute atomic E-state index is 0.0307. The summed E-state index contributed by atoms with van der Waals surface area (Å²) >= 11 is 0. The minimum atomic E-state index is -0.189. The summed E-state index contributed by atoms with van der Waals surface area (Å²) in [6, 6.07) is 5.03. The Morgan fingerprint density at radius 3 is 2.65 bits per heavy atom. The minimum Gasteiger partial charge on any atom is -0.494 e. The van der Waals surface area contributed by atoms with E-state index in [1.54, 1.807) is 25.3 Å². The van der Waals surface area contributed by atoms with Gasteiger partial charge in [-0.1, -0.05) is 6.92 Å². The first kappa shape index (κ1) is 17.6. The molecule has 0 spiro atoms. The van der Waals surface area contributed by atoms with E-state index < -0.39 is 0 Å². The van der Waals surface area contributed by atoms with Crippen molar-refractivity contribution in [1.82, 2.24) is 4.90 Å². The number of hydrogen-bond donors (Lipinski definition) is 2. The second-order valence-electron chi connectivity index (χ2n) is 6.08. The normalized spacial score (nSPS) is 23.3. The lowest BCUT2D eigenvalue weighted by Crippen LogP contribution is -2.53. The van der Waals surface area contributed by atoms with Gasteiger partial charge in [0.05, 0.1) is 31.0 Å². The van der Waals surface area contributed by atoms with Crippen LogP contribution >= 0.6 is 0 Å². The number of nitrogens with two attached hydrogens (primary N) is 1. The average molecular weight is 321 g/mol. The van der Waals surface area contributed by atoms with Crippen molar-refractivity contribution in [2.24, 2.45) is 0 Å². The third-order valence-electron chi connectivity index (χ3n) is 4.06. The molecule has 3 unspecified atom stereocenters. The molecule has 3 N–H and O–H groups in total. The number of amides is 1. The van der Waals surface area contributed by atoms with E-state index in [0.717, 1.165) is 19.5 Å². The Hall–Kier alpha value is -1.79. The number of carbonyl (C=O) groups excluding carboxylic acids is 1. The van der Waals surface area contributed by atoms with Crippen molar-refractivity contribution in [3.63, 3.8) is 0 Å². The lowest BCUT2D eigenvalue weighted by atomic mass is 10.1. The molecule has 0 radical (unpaired) electrons. The number of rotatable bonds is 5. The van der Waals surface area contributed by atoms with E-state index in [4.69, 9.17) is 15.2 Å². The van der Waals surface area contributed by atoms with Crippen molar-refractivity contribution in [2.75, 3.05) is 31.2 Å². The molecule has 1 aliphatic heterocycles. The van der Waals surface area contributed by atoms with Crippen LogP contribution in [0.5, 0.6) is 5.75 Å². The van der Waals surface area contributed by atoms with Gasteiger partial charge in [-0.05, 0) is 32.4 Å². The van der Waals surface area contributed by atoms with E-state index in [-0.39, 0.29) is 24.2 Å². The maximum atomic E-state index is 12.7. The smallest absolute Gasteiger partial charge is 0.241 e. The molecule has 3 atom stereocenters. The van der Waals surface area contributed by atoms with Gasteiger partial charge in [0, 0.05) is 24.8 Å². The molecular weight excluding hydrogens is 294 g/mol. The zero-order valence-corrected chi connectivity index (χ0v) is 14.3. The van der Waals surface area contributed by atoms with Gasteiger partial charge in [0.2, 0.25) is 5.91 Å². The van der Waals surface area contributed by atoms with Crippen molar-refractivity contribution in [3.05, 3.63) is 18.2 Å². The molecule has 1 aromatic rings. The summed E-state index contributed by atoms with van der Waals surface area (Å²) in [4.78, 5) is 14.9. The standard InChI is InChI=1S/C17H27N3O3/c1-5-15(20-9-11(2)23-12(3)10-20)17(21)19-14-7-6-13(18)8-16(14)22-4/h6-8,11-12,15H,5,9-10,18H2,1-4H3,(H,19,21). The highest BCUT2D eigenvalue weighted by molar-refractivity contribution is 5.96. The summed E-state index contributed by atoms with van der Waals surface area (Å²) in [5, 5.41) is 2.96. The van der Waals surface area contributed by atoms with E-state index >= 15 is 0 Å². The van der Waals surface area contributed by atoms with Crippen LogP contribution in [0.1, 0.15) is 27.2 Å². The van der Waals surface area contributed by atoms with Crippen LogP contribution in [0.3, 0.4) is 0 Å². The fraction of sp³-hybridized carbons (Fsp3) is 0.588. The summed E-state index contributed by atoms with van der Waals surface area (Å²) in [6.07, 6.45) is 1.00. The molecule has 0 saturated carbocycles. The van der Waals surface area contributed by atoms with Gasteiger partial charge in [0.1, 0.15) is 5.75 Å². The van der Waals surface area contributed by atoms with Crippen LogP contribution in [0.4, 0.5) is 11.4 Å². The predicted octanol–water partition coefficient (Wildman–Crippen LogP) is 2.10. The number of ether oxygens (including phenoxy) is 2. The topological polar surface area (TPSA) is 76.8 Å². The highest BCUT2D eigenvalue weighted by atomic mass is 16.5. The SMILES string of the molecule is CCC(C(=O)Nc1ccc(N)cc1OC)N1CC(C)OC(C)C1. The zero-order valence-electron chi connectivity index (χ0n) is 14.3. The third-order valence-corrected chi connectivity index (χ3v) is 4.06. The van der Waals surface area contributed by atoms with Crippen LogP contribution in [0.25, 0.3) is 0 Å². The molecule has 23 heavy (non-hydrogen) atoms. The molecule has 1 fully saturated rings. The van der Waals surface area contributed by atoms with E-state index in [9.17, 15) is 4.79 Å². The number of anilines is 2. The Labute approximate surface area is 137 Å². The van der Waals surface area contributed by atoms with Gasteiger partial charge in [0.25, 0.3) is 0 Å². The van der Waals surface area contributed by atoms with Crippen molar-refractivity contribution in [1.29, 1.82) is 0 Å². The molecule has 0 aliphatic carbocycles. The molecule has 0 bridgehead atoms. The highest BCUT2D eigenvalue weighted by Gasteiger charge is 2.31. The van der Waals surface area contributed by atoms with Crippen LogP contribution in [0.15, 0.2) is 18.2 Å². The molecular formula is C17H27N3O3. The van der Waals surface area contributed by atoms with Gasteiger partial charge >= 0.3 is 0 Å². The lowest BCUT2D eigenvalue weighted by Gasteiger charge is -2.39. The van der Waals surface area contributed by atoms with Crippen LogP contribution < -0.4 is 15.8 Å². The number of benzene rings is 1. The monoisotopic (exact) mass is 321 g/mol. The van der Waals surface area contributed by atoms with Crippen molar-refractivity contribution in [3.8, 4) is 5.75 Å².